The molecular formula is C14H21N3O2S. The summed E-state index contributed by atoms with van der Waals surface area (Å²) in [6.45, 7) is 5.90. The minimum Gasteiger partial charge on any atom is -0.392 e. The highest BCUT2D eigenvalue weighted by atomic mass is 32.1. The van der Waals surface area contributed by atoms with Crippen molar-refractivity contribution in [2.45, 2.75) is 32.7 Å². The monoisotopic (exact) mass is 295 g/mol. The summed E-state index contributed by atoms with van der Waals surface area (Å²) in [5.41, 5.74) is 6.73. The number of non-ortho nitro benzene ring substituents is 1. The Morgan fingerprint density at radius 2 is 2.00 bits per heavy atom. The van der Waals surface area contributed by atoms with Crippen molar-refractivity contribution < 1.29 is 4.92 Å². The number of hydrogen-bond acceptors (Lipinski definition) is 4. The molecule has 0 fully saturated rings. The number of benzene rings is 1. The van der Waals surface area contributed by atoms with Gasteiger partial charge in [-0.05, 0) is 31.5 Å². The molecule has 1 rings (SSSR count). The van der Waals surface area contributed by atoms with Gasteiger partial charge in [-0.2, -0.15) is 0 Å². The van der Waals surface area contributed by atoms with Crippen molar-refractivity contribution in [2.75, 3.05) is 13.1 Å². The minimum atomic E-state index is -0.399. The van der Waals surface area contributed by atoms with E-state index in [0.717, 1.165) is 31.5 Å². The minimum absolute atomic E-state index is 0.0664. The van der Waals surface area contributed by atoms with Gasteiger partial charge in [0.1, 0.15) is 0 Å². The second kappa shape index (κ2) is 7.91. The second-order valence-corrected chi connectivity index (χ2v) is 5.16. The van der Waals surface area contributed by atoms with Crippen LogP contribution in [0.25, 0.3) is 0 Å². The average Bonchev–Trinajstić information content (AvgIpc) is 2.39. The summed E-state index contributed by atoms with van der Waals surface area (Å²) in [6, 6.07) is 6.31. The van der Waals surface area contributed by atoms with E-state index in [1.807, 2.05) is 6.07 Å². The van der Waals surface area contributed by atoms with E-state index >= 15 is 0 Å². The predicted octanol–water partition coefficient (Wildman–Crippen LogP) is 3.04. The van der Waals surface area contributed by atoms with Gasteiger partial charge >= 0.3 is 0 Å². The van der Waals surface area contributed by atoms with Crippen molar-refractivity contribution in [1.82, 2.24) is 4.90 Å². The molecule has 0 bridgehead atoms. The third kappa shape index (κ3) is 4.25. The molecule has 0 saturated heterocycles. The Kier molecular flexibility index (Phi) is 6.54. The van der Waals surface area contributed by atoms with E-state index in [4.69, 9.17) is 18.0 Å². The number of hydrogen-bond donors (Lipinski definition) is 1. The van der Waals surface area contributed by atoms with Crippen LogP contribution in [-0.4, -0.2) is 27.9 Å². The molecular weight excluding hydrogens is 274 g/mol. The fourth-order valence-electron chi connectivity index (χ4n) is 2.31. The number of nitro groups is 1. The van der Waals surface area contributed by atoms with Gasteiger partial charge in [0.25, 0.3) is 5.69 Å². The van der Waals surface area contributed by atoms with E-state index in [-0.39, 0.29) is 11.7 Å². The van der Waals surface area contributed by atoms with E-state index in [1.54, 1.807) is 12.1 Å². The molecule has 0 aliphatic carbocycles. The predicted molar refractivity (Wildman–Crippen MR) is 84.8 cm³/mol. The fraction of sp³-hybridized carbons (Fsp3) is 0.500. The second-order valence-electron chi connectivity index (χ2n) is 4.69. The molecule has 0 aromatic heterocycles. The lowest BCUT2D eigenvalue weighted by molar-refractivity contribution is -0.384. The zero-order valence-electron chi connectivity index (χ0n) is 11.9. The molecule has 0 heterocycles. The molecule has 6 heteroatoms. The number of thiocarbonyl (C=S) groups is 1. The molecule has 5 nitrogen and oxygen atoms in total. The first kappa shape index (κ1) is 16.5. The molecule has 0 saturated carbocycles. The van der Waals surface area contributed by atoms with Crippen LogP contribution >= 0.6 is 12.2 Å². The molecule has 0 aliphatic rings. The highest BCUT2D eigenvalue weighted by Gasteiger charge is 2.23. The number of nitro benzene ring substituents is 1. The van der Waals surface area contributed by atoms with Crippen LogP contribution in [0.4, 0.5) is 5.69 Å². The topological polar surface area (TPSA) is 72.4 Å². The highest BCUT2D eigenvalue weighted by molar-refractivity contribution is 7.80. The first-order chi connectivity index (χ1) is 9.51. The Balaban J connectivity index is 3.14. The summed E-state index contributed by atoms with van der Waals surface area (Å²) in [6.07, 6.45) is 1.96. The van der Waals surface area contributed by atoms with E-state index in [2.05, 4.69) is 18.7 Å². The number of rotatable bonds is 8. The highest BCUT2D eigenvalue weighted by Crippen LogP contribution is 2.25. The van der Waals surface area contributed by atoms with Crippen LogP contribution in [0, 0.1) is 10.1 Å². The Morgan fingerprint density at radius 1 is 1.40 bits per heavy atom. The molecule has 0 aliphatic heterocycles. The van der Waals surface area contributed by atoms with Crippen LogP contribution in [0.1, 0.15) is 38.3 Å². The van der Waals surface area contributed by atoms with Crippen molar-refractivity contribution in [1.29, 1.82) is 0 Å². The Labute approximate surface area is 124 Å². The van der Waals surface area contributed by atoms with E-state index in [9.17, 15) is 10.1 Å². The zero-order chi connectivity index (χ0) is 15.1. The molecule has 0 spiro atoms. The van der Waals surface area contributed by atoms with Crippen LogP contribution in [0.15, 0.2) is 24.3 Å². The third-order valence-electron chi connectivity index (χ3n) is 3.05. The number of nitrogens with zero attached hydrogens (tertiary/aromatic N) is 2. The third-order valence-corrected chi connectivity index (χ3v) is 3.28. The maximum Gasteiger partial charge on any atom is 0.269 e. The smallest absolute Gasteiger partial charge is 0.269 e. The lowest BCUT2D eigenvalue weighted by Gasteiger charge is -2.30. The van der Waals surface area contributed by atoms with E-state index < -0.39 is 4.92 Å². The molecule has 1 atom stereocenters. The van der Waals surface area contributed by atoms with Gasteiger partial charge in [-0.15, -0.1) is 0 Å². The summed E-state index contributed by atoms with van der Waals surface area (Å²) in [7, 11) is 0. The van der Waals surface area contributed by atoms with E-state index in [0.29, 0.717) is 4.99 Å². The normalized spacial score (nSPS) is 12.3. The lowest BCUT2D eigenvalue weighted by atomic mass is 10.0. The summed E-state index contributed by atoms with van der Waals surface area (Å²) in [5.74, 6) is 0. The maximum atomic E-state index is 10.9. The van der Waals surface area contributed by atoms with Gasteiger partial charge in [0.05, 0.1) is 16.0 Å². The van der Waals surface area contributed by atoms with Gasteiger partial charge in [-0.3, -0.25) is 15.0 Å². The average molecular weight is 295 g/mol. The molecule has 1 aromatic rings. The Hall–Kier alpha value is -1.53. The molecule has 110 valence electrons. The summed E-state index contributed by atoms with van der Waals surface area (Å²) < 4.78 is 0. The Morgan fingerprint density at radius 3 is 2.45 bits per heavy atom. The molecule has 1 unspecified atom stereocenters. The van der Waals surface area contributed by atoms with Crippen molar-refractivity contribution in [3.05, 3.63) is 39.9 Å². The molecule has 1 aromatic carbocycles. The van der Waals surface area contributed by atoms with Crippen LogP contribution in [0.2, 0.25) is 0 Å². The van der Waals surface area contributed by atoms with Crippen molar-refractivity contribution >= 4 is 22.9 Å². The zero-order valence-corrected chi connectivity index (χ0v) is 12.7. The number of nitrogens with two attached hydrogens (primary N) is 1. The lowest BCUT2D eigenvalue weighted by Crippen LogP contribution is -2.38. The Bertz CT molecular complexity index is 473. The quantitative estimate of drug-likeness (QED) is 0.453. The largest absolute Gasteiger partial charge is 0.392 e. The van der Waals surface area contributed by atoms with E-state index in [1.165, 1.54) is 6.07 Å². The summed E-state index contributed by atoms with van der Waals surface area (Å²) >= 11 is 5.18. The first-order valence-corrected chi connectivity index (χ1v) is 7.19. The van der Waals surface area contributed by atoms with Crippen LogP contribution in [0.5, 0.6) is 0 Å². The summed E-state index contributed by atoms with van der Waals surface area (Å²) in [5, 5.41) is 10.9. The van der Waals surface area contributed by atoms with Gasteiger partial charge in [0, 0.05) is 12.1 Å². The van der Waals surface area contributed by atoms with Gasteiger partial charge < -0.3 is 5.73 Å². The molecule has 0 radical (unpaired) electrons. The maximum absolute atomic E-state index is 10.9. The SMILES string of the molecule is CCCN(CCC)C(C(N)=S)c1cccc([N+](=O)[O-])c1. The van der Waals surface area contributed by atoms with Crippen molar-refractivity contribution in [3.63, 3.8) is 0 Å². The van der Waals surface area contributed by atoms with Gasteiger partial charge in [-0.25, -0.2) is 0 Å². The van der Waals surface area contributed by atoms with Gasteiger partial charge in [0.2, 0.25) is 0 Å². The van der Waals surface area contributed by atoms with Crippen molar-refractivity contribution in [3.8, 4) is 0 Å². The fourth-order valence-corrected chi connectivity index (χ4v) is 2.59. The molecule has 20 heavy (non-hydrogen) atoms. The van der Waals surface area contributed by atoms with Crippen molar-refractivity contribution in [2.24, 2.45) is 5.73 Å². The summed E-state index contributed by atoms with van der Waals surface area (Å²) in [4.78, 5) is 13.0. The first-order valence-electron chi connectivity index (χ1n) is 6.79. The molecule has 2 N–H and O–H groups in total. The standard InChI is InChI=1S/C14H21N3O2S/c1-3-8-16(9-4-2)13(14(15)20)11-6-5-7-12(10-11)17(18)19/h5-7,10,13H,3-4,8-9H2,1-2H3,(H2,15,20). The van der Waals surface area contributed by atoms with Gasteiger partial charge in [0.15, 0.2) is 0 Å². The van der Waals surface area contributed by atoms with Crippen LogP contribution in [-0.2, 0) is 0 Å². The van der Waals surface area contributed by atoms with Gasteiger partial charge in [-0.1, -0.05) is 38.2 Å². The van der Waals surface area contributed by atoms with Crippen LogP contribution < -0.4 is 5.73 Å². The van der Waals surface area contributed by atoms with Crippen LogP contribution in [0.3, 0.4) is 0 Å². The molecule has 0 amide bonds.